The number of nitrogens with zero attached hydrogens (tertiary/aromatic N) is 1. The lowest BCUT2D eigenvalue weighted by Crippen LogP contribution is -2.69. The largest absolute Gasteiger partial charge is 0.357 e. The highest BCUT2D eigenvalue weighted by Crippen LogP contribution is 2.46. The Kier molecular flexibility index (Phi) is 6.59. The van der Waals surface area contributed by atoms with Gasteiger partial charge in [0.15, 0.2) is 5.82 Å². The van der Waals surface area contributed by atoms with Crippen LogP contribution in [0.4, 0.5) is 27.6 Å². The molecule has 3 amide bonds. The first-order chi connectivity index (χ1) is 17.3. The molecule has 1 aromatic heterocycles. The summed E-state index contributed by atoms with van der Waals surface area (Å²) in [6.07, 6.45) is -4.21. The number of aromatic nitrogens is 1. The van der Waals surface area contributed by atoms with Crippen LogP contribution in [0, 0.1) is 12.7 Å². The minimum Gasteiger partial charge on any atom is -0.357 e. The highest BCUT2D eigenvalue weighted by Gasteiger charge is 2.62. The number of fused-ring (bicyclic) bond motifs is 1. The van der Waals surface area contributed by atoms with Crippen LogP contribution in [-0.2, 0) is 22.6 Å². The van der Waals surface area contributed by atoms with Crippen LogP contribution in [0.5, 0.6) is 0 Å². The number of alkyl halides is 4. The van der Waals surface area contributed by atoms with E-state index in [1.807, 2.05) is 0 Å². The van der Waals surface area contributed by atoms with Gasteiger partial charge >= 0.3 is 0 Å². The molecule has 13 heteroatoms. The van der Waals surface area contributed by atoms with E-state index in [-0.39, 0.29) is 16.8 Å². The number of carbonyl (C=O) groups is 4. The number of nitrogens with one attached hydrogen (secondary N) is 3. The third-order valence-electron chi connectivity index (χ3n) is 6.71. The number of amides is 3. The number of Topliss-reactive ketones (excluding diaryl/α,β-unsaturated/α-hetero) is 1. The fourth-order valence-electron chi connectivity index (χ4n) is 5.07. The predicted molar refractivity (Wildman–Crippen MR) is 120 cm³/mol. The molecule has 2 aromatic rings. The van der Waals surface area contributed by atoms with Crippen LogP contribution in [0.2, 0.25) is 0 Å². The van der Waals surface area contributed by atoms with Gasteiger partial charge in [0.05, 0.1) is 16.8 Å². The quantitative estimate of drug-likeness (QED) is 0.292. The fraction of sp³-hybridized carbons (Fsp3) is 0.417. The molecule has 4 rings (SSSR count). The van der Waals surface area contributed by atoms with E-state index in [9.17, 15) is 41.1 Å². The maximum atomic E-state index is 14.5. The fourth-order valence-corrected chi connectivity index (χ4v) is 5.07. The molecule has 2 heterocycles. The highest BCUT2D eigenvalue weighted by molar-refractivity contribution is 6.44. The summed E-state index contributed by atoms with van der Waals surface area (Å²) in [7, 11) is 1.21. The first kappa shape index (κ1) is 26.3. The Hall–Kier alpha value is -3.77. The summed E-state index contributed by atoms with van der Waals surface area (Å²) in [6, 6.07) is 3.14. The van der Waals surface area contributed by atoms with Gasteiger partial charge in [0.2, 0.25) is 5.91 Å². The molecule has 0 atom stereocenters. The maximum absolute atomic E-state index is 14.5. The number of anilines is 1. The molecule has 198 valence electrons. The van der Waals surface area contributed by atoms with Crippen molar-refractivity contribution in [2.24, 2.45) is 0 Å². The first-order valence-electron chi connectivity index (χ1n) is 11.4. The van der Waals surface area contributed by atoms with E-state index < -0.39 is 71.3 Å². The molecule has 1 aliphatic heterocycles. The molecule has 8 nitrogen and oxygen atoms in total. The average Bonchev–Trinajstić information content (AvgIpc) is 3.37. The van der Waals surface area contributed by atoms with Gasteiger partial charge in [0.25, 0.3) is 29.9 Å². The molecule has 0 bridgehead atoms. The van der Waals surface area contributed by atoms with Crippen molar-refractivity contribution >= 4 is 29.2 Å². The topological polar surface area (TPSA) is 109 Å². The van der Waals surface area contributed by atoms with Gasteiger partial charge < -0.3 is 20.5 Å². The smallest absolute Gasteiger partial charge is 0.293 e. The Bertz CT molecular complexity index is 1310. The second kappa shape index (κ2) is 9.27. The van der Waals surface area contributed by atoms with E-state index in [4.69, 9.17) is 0 Å². The van der Waals surface area contributed by atoms with Crippen molar-refractivity contribution in [1.82, 2.24) is 15.2 Å². The van der Waals surface area contributed by atoms with Crippen molar-refractivity contribution in [2.45, 2.75) is 57.0 Å². The van der Waals surface area contributed by atoms with Crippen molar-refractivity contribution in [3.05, 3.63) is 52.1 Å². The van der Waals surface area contributed by atoms with Crippen LogP contribution >= 0.6 is 0 Å². The Morgan fingerprint density at radius 3 is 2.38 bits per heavy atom. The number of rotatable bonds is 7. The lowest BCUT2D eigenvalue weighted by molar-refractivity contribution is -0.164. The summed E-state index contributed by atoms with van der Waals surface area (Å²) >= 11 is 0. The zero-order valence-electron chi connectivity index (χ0n) is 19.8. The van der Waals surface area contributed by atoms with E-state index in [0.29, 0.717) is 25.1 Å². The van der Waals surface area contributed by atoms with Crippen molar-refractivity contribution in [1.29, 1.82) is 0 Å². The molecule has 0 saturated heterocycles. The number of halogens is 5. The molecule has 0 radical (unpaired) electrons. The molecular formula is C24H23F5N4O4. The molecule has 3 N–H and O–H groups in total. The summed E-state index contributed by atoms with van der Waals surface area (Å²) in [5.41, 5.74) is -3.10. The number of ketones is 1. The average molecular weight is 526 g/mol. The molecule has 1 saturated carbocycles. The summed E-state index contributed by atoms with van der Waals surface area (Å²) in [4.78, 5) is 51.3. The second-order valence-corrected chi connectivity index (χ2v) is 9.17. The monoisotopic (exact) mass is 526 g/mol. The minimum atomic E-state index is -3.18. The van der Waals surface area contributed by atoms with E-state index in [1.54, 1.807) is 0 Å². The molecule has 37 heavy (non-hydrogen) atoms. The third-order valence-corrected chi connectivity index (χ3v) is 6.71. The number of likely N-dealkylation sites (N-methyl/N-ethyl adjacent to an activating group) is 1. The van der Waals surface area contributed by atoms with Crippen LogP contribution in [0.25, 0.3) is 0 Å². The normalized spacial score (nSPS) is 17.1. The van der Waals surface area contributed by atoms with Gasteiger partial charge in [-0.3, -0.25) is 19.2 Å². The number of benzene rings is 1. The van der Waals surface area contributed by atoms with E-state index in [2.05, 4.69) is 16.0 Å². The molecule has 1 fully saturated rings. The molecule has 1 aromatic carbocycles. The summed E-state index contributed by atoms with van der Waals surface area (Å²) in [6.45, 7) is 1.68. The van der Waals surface area contributed by atoms with Crippen LogP contribution in [0.3, 0.4) is 0 Å². The number of hydrogen-bond acceptors (Lipinski definition) is 4. The standard InChI is InChI=1S/C24H23F5N4O4/c1-11-15(18(34)21(36)32-23(22(37)30-2)9-24(28,29)10-23)14-7-4-8-33(14)17(11)20(35)31-13-6-3-5-12(16(13)25)19(26)27/h3,5-6,19H,4,7-10H2,1-2H3,(H,30,37)(H,31,35)(H,32,36). The zero-order chi connectivity index (χ0) is 27.3. The lowest BCUT2D eigenvalue weighted by Gasteiger charge is -2.45. The summed E-state index contributed by atoms with van der Waals surface area (Å²) < 4.78 is 69.2. The van der Waals surface area contributed by atoms with Crippen LogP contribution in [0.15, 0.2) is 18.2 Å². The molecular weight excluding hydrogens is 503 g/mol. The van der Waals surface area contributed by atoms with Gasteiger partial charge in [0, 0.05) is 32.1 Å². The summed E-state index contributed by atoms with van der Waals surface area (Å²) in [5, 5.41) is 6.60. The molecule has 0 spiro atoms. The predicted octanol–water partition coefficient (Wildman–Crippen LogP) is 3.28. The van der Waals surface area contributed by atoms with Crippen molar-refractivity contribution in [3.8, 4) is 0 Å². The minimum absolute atomic E-state index is 0.0679. The van der Waals surface area contributed by atoms with E-state index >= 15 is 0 Å². The maximum Gasteiger partial charge on any atom is 0.293 e. The number of carbonyl (C=O) groups excluding carboxylic acids is 4. The molecule has 1 aliphatic carbocycles. The van der Waals surface area contributed by atoms with Gasteiger partial charge in [-0.2, -0.15) is 0 Å². The highest BCUT2D eigenvalue weighted by atomic mass is 19.3. The van der Waals surface area contributed by atoms with Gasteiger partial charge in [0.1, 0.15) is 11.2 Å². The third kappa shape index (κ3) is 4.46. The van der Waals surface area contributed by atoms with Gasteiger partial charge in [-0.1, -0.05) is 12.1 Å². The lowest BCUT2D eigenvalue weighted by atomic mass is 9.72. The van der Waals surface area contributed by atoms with Gasteiger partial charge in [-0.15, -0.1) is 0 Å². The van der Waals surface area contributed by atoms with E-state index in [1.165, 1.54) is 18.5 Å². The van der Waals surface area contributed by atoms with Gasteiger partial charge in [-0.25, -0.2) is 22.0 Å². The van der Waals surface area contributed by atoms with Crippen LogP contribution in [-0.4, -0.2) is 46.6 Å². The molecule has 2 aliphatic rings. The van der Waals surface area contributed by atoms with Crippen LogP contribution in [0.1, 0.15) is 63.4 Å². The zero-order valence-corrected chi connectivity index (χ0v) is 19.8. The van der Waals surface area contributed by atoms with Crippen molar-refractivity contribution in [3.63, 3.8) is 0 Å². The van der Waals surface area contributed by atoms with E-state index in [0.717, 1.165) is 18.2 Å². The second-order valence-electron chi connectivity index (χ2n) is 9.17. The van der Waals surface area contributed by atoms with Crippen molar-refractivity contribution < 1.29 is 41.1 Å². The molecule has 0 unspecified atom stereocenters. The Morgan fingerprint density at radius 2 is 1.78 bits per heavy atom. The Labute approximate surface area is 207 Å². The van der Waals surface area contributed by atoms with Gasteiger partial charge in [-0.05, 0) is 31.4 Å². The van der Waals surface area contributed by atoms with Crippen LogP contribution < -0.4 is 16.0 Å². The first-order valence-corrected chi connectivity index (χ1v) is 11.4. The SMILES string of the molecule is CNC(=O)C1(NC(=O)C(=O)c2c(C)c(C(=O)Nc3cccc(C(F)F)c3F)n3c2CCC3)CC(F)(F)C1. The Balaban J connectivity index is 1.63. The summed E-state index contributed by atoms with van der Waals surface area (Å²) in [5.74, 6) is -8.64. The van der Waals surface area contributed by atoms with Crippen molar-refractivity contribution in [2.75, 3.05) is 12.4 Å². The number of hydrogen-bond donors (Lipinski definition) is 3. The Morgan fingerprint density at radius 1 is 1.11 bits per heavy atom.